The molecule has 1 aliphatic rings. The number of hydrogen-bond donors (Lipinski definition) is 1. The lowest BCUT2D eigenvalue weighted by molar-refractivity contribution is 0.579. The second-order valence-corrected chi connectivity index (χ2v) is 5.75. The van der Waals surface area contributed by atoms with Crippen LogP contribution < -0.4 is 16.2 Å². The van der Waals surface area contributed by atoms with Crippen LogP contribution >= 0.6 is 15.9 Å². The van der Waals surface area contributed by atoms with E-state index in [1.165, 1.54) is 4.68 Å². The Labute approximate surface area is 121 Å². The van der Waals surface area contributed by atoms with E-state index in [2.05, 4.69) is 39.4 Å². The Balaban J connectivity index is 2.34. The second kappa shape index (κ2) is 5.88. The molecule has 0 bridgehead atoms. The van der Waals surface area contributed by atoms with Crippen LogP contribution in [0.25, 0.3) is 0 Å². The Morgan fingerprint density at radius 3 is 3.00 bits per heavy atom. The fraction of sp³-hybridized carbons (Fsp3) is 0.538. The molecule has 0 aliphatic carbocycles. The van der Waals surface area contributed by atoms with Crippen LogP contribution in [-0.4, -0.2) is 28.9 Å². The van der Waals surface area contributed by atoms with Gasteiger partial charge in [-0.25, -0.2) is 4.68 Å². The van der Waals surface area contributed by atoms with Gasteiger partial charge >= 0.3 is 0 Å². The minimum atomic E-state index is -0.124. The smallest absolute Gasteiger partial charge is 0.283 e. The van der Waals surface area contributed by atoms with Gasteiger partial charge in [0.05, 0.1) is 18.4 Å². The van der Waals surface area contributed by atoms with Crippen molar-refractivity contribution >= 4 is 21.6 Å². The summed E-state index contributed by atoms with van der Waals surface area (Å²) in [5.41, 5.74) is 6.47. The van der Waals surface area contributed by atoms with Crippen molar-refractivity contribution in [2.75, 3.05) is 18.0 Å². The molecule has 1 aliphatic heterocycles. The molecule has 2 atom stereocenters. The molecule has 19 heavy (non-hydrogen) atoms. The molecule has 0 amide bonds. The molecule has 0 radical (unpaired) electrons. The standard InChI is InChI=1S/C13H19BrN4O/c1-3-4-18-13(19)12(14)11(7-16-18)17-8-10(6-15)5-9(17)2/h3,7,9-10H,1,4-6,8,15H2,2H3. The van der Waals surface area contributed by atoms with E-state index >= 15 is 0 Å². The van der Waals surface area contributed by atoms with Crippen LogP contribution in [0.3, 0.4) is 0 Å². The van der Waals surface area contributed by atoms with Crippen molar-refractivity contribution in [3.8, 4) is 0 Å². The maximum atomic E-state index is 12.1. The highest BCUT2D eigenvalue weighted by atomic mass is 79.9. The molecule has 5 nitrogen and oxygen atoms in total. The Hall–Kier alpha value is -1.14. The number of hydrogen-bond acceptors (Lipinski definition) is 4. The molecule has 0 spiro atoms. The molecule has 1 aromatic heterocycles. The van der Waals surface area contributed by atoms with E-state index in [1.54, 1.807) is 12.3 Å². The van der Waals surface area contributed by atoms with E-state index in [9.17, 15) is 4.79 Å². The van der Waals surface area contributed by atoms with Gasteiger partial charge in [-0.05, 0) is 41.7 Å². The highest BCUT2D eigenvalue weighted by Crippen LogP contribution is 2.31. The second-order valence-electron chi connectivity index (χ2n) is 4.96. The van der Waals surface area contributed by atoms with Gasteiger partial charge in [0, 0.05) is 12.6 Å². The summed E-state index contributed by atoms with van der Waals surface area (Å²) in [4.78, 5) is 14.4. The predicted molar refractivity (Wildman–Crippen MR) is 80.4 cm³/mol. The quantitative estimate of drug-likeness (QED) is 0.849. The third-order valence-electron chi connectivity index (χ3n) is 3.57. The summed E-state index contributed by atoms with van der Waals surface area (Å²) in [5.74, 6) is 0.484. The van der Waals surface area contributed by atoms with E-state index in [0.29, 0.717) is 29.5 Å². The summed E-state index contributed by atoms with van der Waals surface area (Å²) in [6, 6.07) is 0.376. The first-order valence-electron chi connectivity index (χ1n) is 6.41. The number of allylic oxidation sites excluding steroid dienone is 1. The Bertz CT molecular complexity index is 528. The summed E-state index contributed by atoms with van der Waals surface area (Å²) in [6.45, 7) is 7.74. The van der Waals surface area contributed by atoms with Crippen LogP contribution in [0.4, 0.5) is 5.69 Å². The van der Waals surface area contributed by atoms with Crippen LogP contribution in [0.5, 0.6) is 0 Å². The van der Waals surface area contributed by atoms with E-state index in [-0.39, 0.29) is 5.56 Å². The molecule has 2 rings (SSSR count). The first-order chi connectivity index (χ1) is 9.08. The van der Waals surface area contributed by atoms with Gasteiger partial charge in [-0.1, -0.05) is 6.08 Å². The fourth-order valence-electron chi connectivity index (χ4n) is 2.56. The monoisotopic (exact) mass is 326 g/mol. The summed E-state index contributed by atoms with van der Waals surface area (Å²) in [6.07, 6.45) is 4.45. The molecule has 2 heterocycles. The molecule has 2 unspecified atom stereocenters. The predicted octanol–water partition coefficient (Wildman–Crippen LogP) is 1.37. The molecular formula is C13H19BrN4O. The average molecular weight is 327 g/mol. The van der Waals surface area contributed by atoms with E-state index in [1.807, 2.05) is 0 Å². The van der Waals surface area contributed by atoms with Crippen molar-refractivity contribution in [1.29, 1.82) is 0 Å². The lowest BCUT2D eigenvalue weighted by Crippen LogP contribution is -2.32. The SMILES string of the molecule is C=CCn1ncc(N2CC(CN)CC2C)c(Br)c1=O. The van der Waals surface area contributed by atoms with Crippen molar-refractivity contribution in [3.63, 3.8) is 0 Å². The van der Waals surface area contributed by atoms with E-state index < -0.39 is 0 Å². The molecule has 1 fully saturated rings. The molecule has 0 saturated carbocycles. The zero-order valence-corrected chi connectivity index (χ0v) is 12.6. The number of rotatable bonds is 4. The maximum Gasteiger partial charge on any atom is 0.283 e. The van der Waals surface area contributed by atoms with Crippen LogP contribution in [-0.2, 0) is 6.54 Å². The average Bonchev–Trinajstić information content (AvgIpc) is 2.77. The van der Waals surface area contributed by atoms with Gasteiger partial charge in [0.1, 0.15) is 4.47 Å². The molecule has 1 saturated heterocycles. The summed E-state index contributed by atoms with van der Waals surface area (Å²) >= 11 is 3.40. The molecule has 0 aromatic carbocycles. The fourth-order valence-corrected chi connectivity index (χ4v) is 3.09. The third kappa shape index (κ3) is 2.74. The lowest BCUT2D eigenvalue weighted by Gasteiger charge is -2.24. The van der Waals surface area contributed by atoms with Crippen LogP contribution in [0.15, 0.2) is 28.1 Å². The maximum absolute atomic E-state index is 12.1. The van der Waals surface area contributed by atoms with Crippen molar-refractivity contribution in [1.82, 2.24) is 9.78 Å². The number of anilines is 1. The van der Waals surface area contributed by atoms with Gasteiger partial charge in [-0.2, -0.15) is 5.10 Å². The molecule has 104 valence electrons. The van der Waals surface area contributed by atoms with Crippen molar-refractivity contribution < 1.29 is 0 Å². The number of nitrogens with two attached hydrogens (primary N) is 1. The highest BCUT2D eigenvalue weighted by molar-refractivity contribution is 9.10. The molecular weight excluding hydrogens is 308 g/mol. The summed E-state index contributed by atoms with van der Waals surface area (Å²) in [7, 11) is 0. The third-order valence-corrected chi connectivity index (χ3v) is 4.32. The van der Waals surface area contributed by atoms with Gasteiger partial charge in [-0.3, -0.25) is 4.79 Å². The Morgan fingerprint density at radius 2 is 2.42 bits per heavy atom. The summed E-state index contributed by atoms with van der Waals surface area (Å²) < 4.78 is 1.95. The van der Waals surface area contributed by atoms with Gasteiger partial charge in [0.2, 0.25) is 0 Å². The van der Waals surface area contributed by atoms with Crippen LogP contribution in [0.2, 0.25) is 0 Å². The summed E-state index contributed by atoms with van der Waals surface area (Å²) in [5, 5.41) is 4.19. The molecule has 1 aromatic rings. The van der Waals surface area contributed by atoms with Gasteiger partial charge in [0.15, 0.2) is 0 Å². The van der Waals surface area contributed by atoms with Crippen LogP contribution in [0, 0.1) is 5.92 Å². The Kier molecular flexibility index (Phi) is 4.42. The van der Waals surface area contributed by atoms with Crippen molar-refractivity contribution in [2.45, 2.75) is 25.9 Å². The van der Waals surface area contributed by atoms with Crippen molar-refractivity contribution in [3.05, 3.63) is 33.7 Å². The van der Waals surface area contributed by atoms with E-state index in [0.717, 1.165) is 18.7 Å². The highest BCUT2D eigenvalue weighted by Gasteiger charge is 2.30. The zero-order valence-electron chi connectivity index (χ0n) is 11.1. The van der Waals surface area contributed by atoms with Gasteiger partial charge in [-0.15, -0.1) is 6.58 Å². The number of halogens is 1. The normalized spacial score (nSPS) is 22.8. The minimum Gasteiger partial charge on any atom is -0.366 e. The van der Waals surface area contributed by atoms with Crippen LogP contribution in [0.1, 0.15) is 13.3 Å². The Morgan fingerprint density at radius 1 is 1.68 bits per heavy atom. The van der Waals surface area contributed by atoms with Gasteiger partial charge < -0.3 is 10.6 Å². The van der Waals surface area contributed by atoms with E-state index in [4.69, 9.17) is 5.73 Å². The zero-order chi connectivity index (χ0) is 14.0. The number of nitrogens with zero attached hydrogens (tertiary/aromatic N) is 3. The number of aromatic nitrogens is 2. The molecule has 2 N–H and O–H groups in total. The molecule has 6 heteroatoms. The minimum absolute atomic E-state index is 0.124. The first kappa shape index (κ1) is 14.3. The largest absolute Gasteiger partial charge is 0.366 e. The van der Waals surface area contributed by atoms with Crippen molar-refractivity contribution in [2.24, 2.45) is 11.7 Å². The first-order valence-corrected chi connectivity index (χ1v) is 7.21. The van der Waals surface area contributed by atoms with Gasteiger partial charge in [0.25, 0.3) is 5.56 Å². The lowest BCUT2D eigenvalue weighted by atomic mass is 10.1. The topological polar surface area (TPSA) is 64.2 Å².